The largest absolute Gasteiger partial charge is 0.349 e. The molecule has 0 saturated heterocycles. The number of hydrogen-bond acceptors (Lipinski definition) is 1. The van der Waals surface area contributed by atoms with Crippen LogP contribution in [-0.4, -0.2) is 5.91 Å². The zero-order valence-electron chi connectivity index (χ0n) is 13.7. The van der Waals surface area contributed by atoms with E-state index in [0.29, 0.717) is 0 Å². The maximum absolute atomic E-state index is 12.3. The van der Waals surface area contributed by atoms with Crippen molar-refractivity contribution in [1.29, 1.82) is 0 Å². The van der Waals surface area contributed by atoms with E-state index in [4.69, 9.17) is 0 Å². The summed E-state index contributed by atoms with van der Waals surface area (Å²) in [4.78, 5) is 12.3. The number of hydrogen-bond donors (Lipinski definition) is 1. The molecule has 0 heterocycles. The van der Waals surface area contributed by atoms with Crippen LogP contribution in [0.4, 0.5) is 0 Å². The lowest BCUT2D eigenvalue weighted by atomic mass is 9.93. The first-order valence-corrected chi connectivity index (χ1v) is 7.86. The summed E-state index contributed by atoms with van der Waals surface area (Å²) in [5.74, 6) is 0.0921. The second kappa shape index (κ2) is 7.26. The van der Waals surface area contributed by atoms with E-state index in [-0.39, 0.29) is 17.4 Å². The Morgan fingerprint density at radius 1 is 0.955 bits per heavy atom. The molecule has 22 heavy (non-hydrogen) atoms. The molecule has 1 atom stereocenters. The van der Waals surface area contributed by atoms with E-state index in [1.807, 2.05) is 45.0 Å². The van der Waals surface area contributed by atoms with Crippen molar-refractivity contribution < 1.29 is 4.79 Å². The summed E-state index contributed by atoms with van der Waals surface area (Å²) in [6.07, 6.45) is 1.85. The Balaban J connectivity index is 2.10. The van der Waals surface area contributed by atoms with E-state index < -0.39 is 0 Å². The summed E-state index contributed by atoms with van der Waals surface area (Å²) in [5.41, 5.74) is 2.09. The number of benzene rings is 2. The van der Waals surface area contributed by atoms with Gasteiger partial charge in [-0.15, -0.1) is 0 Å². The van der Waals surface area contributed by atoms with Crippen LogP contribution in [0.5, 0.6) is 0 Å². The Labute approximate surface area is 133 Å². The first kappa shape index (κ1) is 16.3. The van der Waals surface area contributed by atoms with E-state index in [2.05, 4.69) is 41.7 Å². The lowest BCUT2D eigenvalue weighted by Gasteiger charge is -2.25. The van der Waals surface area contributed by atoms with Gasteiger partial charge in [0.15, 0.2) is 0 Å². The molecule has 2 nitrogen and oxygen atoms in total. The Hall–Kier alpha value is -2.09. The number of nitrogens with one attached hydrogen (secondary N) is 1. The molecule has 0 saturated carbocycles. The average Bonchev–Trinajstić information content (AvgIpc) is 2.52. The standard InChI is InChI=1S/C20H25NO/c1-20(2,3)19(22)21-18(17-12-8-5-9-13-17)15-14-16-10-6-4-7-11-16/h4-13,18H,14-15H2,1-3H3,(H,21,22). The number of carbonyl (C=O) groups excluding carboxylic acids is 1. The van der Waals surface area contributed by atoms with Gasteiger partial charge in [0, 0.05) is 5.41 Å². The molecular weight excluding hydrogens is 270 g/mol. The summed E-state index contributed by atoms with van der Waals surface area (Å²) in [5, 5.41) is 3.20. The monoisotopic (exact) mass is 295 g/mol. The fourth-order valence-corrected chi connectivity index (χ4v) is 2.34. The summed E-state index contributed by atoms with van der Waals surface area (Å²) in [6.45, 7) is 5.84. The molecule has 0 aliphatic heterocycles. The molecule has 0 aliphatic carbocycles. The van der Waals surface area contributed by atoms with Crippen LogP contribution in [0.1, 0.15) is 44.4 Å². The lowest BCUT2D eigenvalue weighted by Crippen LogP contribution is -2.37. The average molecular weight is 295 g/mol. The van der Waals surface area contributed by atoms with E-state index >= 15 is 0 Å². The van der Waals surface area contributed by atoms with Crippen LogP contribution in [0.3, 0.4) is 0 Å². The number of carbonyl (C=O) groups is 1. The van der Waals surface area contributed by atoms with Crippen molar-refractivity contribution in [2.45, 2.75) is 39.7 Å². The van der Waals surface area contributed by atoms with E-state index in [1.165, 1.54) is 5.56 Å². The fraction of sp³-hybridized carbons (Fsp3) is 0.350. The number of rotatable bonds is 5. The zero-order valence-corrected chi connectivity index (χ0v) is 13.7. The molecule has 2 heteroatoms. The van der Waals surface area contributed by atoms with Crippen molar-refractivity contribution in [2.24, 2.45) is 5.41 Å². The summed E-state index contributed by atoms with van der Waals surface area (Å²) in [6, 6.07) is 20.7. The van der Waals surface area contributed by atoms with Crippen molar-refractivity contribution in [1.82, 2.24) is 5.32 Å². The van der Waals surface area contributed by atoms with Gasteiger partial charge in [0.25, 0.3) is 0 Å². The quantitative estimate of drug-likeness (QED) is 0.863. The van der Waals surface area contributed by atoms with Crippen LogP contribution < -0.4 is 5.32 Å². The van der Waals surface area contributed by atoms with Gasteiger partial charge in [-0.25, -0.2) is 0 Å². The van der Waals surface area contributed by atoms with Crippen molar-refractivity contribution in [2.75, 3.05) is 0 Å². The SMILES string of the molecule is CC(C)(C)C(=O)NC(CCc1ccccc1)c1ccccc1. The molecule has 1 N–H and O–H groups in total. The number of aryl methyl sites for hydroxylation is 1. The summed E-state index contributed by atoms with van der Waals surface area (Å²) < 4.78 is 0. The molecule has 0 aliphatic rings. The molecule has 2 rings (SSSR count). The Bertz CT molecular complexity index is 584. The number of amides is 1. The highest BCUT2D eigenvalue weighted by molar-refractivity contribution is 5.81. The summed E-state index contributed by atoms with van der Waals surface area (Å²) >= 11 is 0. The maximum atomic E-state index is 12.3. The van der Waals surface area contributed by atoms with Crippen molar-refractivity contribution in [3.8, 4) is 0 Å². The van der Waals surface area contributed by atoms with Crippen LogP contribution in [-0.2, 0) is 11.2 Å². The second-order valence-electron chi connectivity index (χ2n) is 6.71. The predicted octanol–water partition coefficient (Wildman–Crippen LogP) is 4.52. The molecule has 0 bridgehead atoms. The van der Waals surface area contributed by atoms with Gasteiger partial charge in [0.05, 0.1) is 6.04 Å². The van der Waals surface area contributed by atoms with Gasteiger partial charge in [0.1, 0.15) is 0 Å². The van der Waals surface area contributed by atoms with Crippen molar-refractivity contribution in [3.05, 3.63) is 71.8 Å². The summed E-state index contributed by atoms with van der Waals surface area (Å²) in [7, 11) is 0. The predicted molar refractivity (Wildman–Crippen MR) is 91.5 cm³/mol. The van der Waals surface area contributed by atoms with Gasteiger partial charge in [-0.1, -0.05) is 81.4 Å². The van der Waals surface area contributed by atoms with Crippen molar-refractivity contribution in [3.63, 3.8) is 0 Å². The minimum atomic E-state index is -0.375. The molecule has 0 fully saturated rings. The normalized spacial score (nSPS) is 12.7. The third-order valence-corrected chi connectivity index (χ3v) is 3.75. The second-order valence-corrected chi connectivity index (χ2v) is 6.71. The minimum Gasteiger partial charge on any atom is -0.349 e. The van der Waals surface area contributed by atoms with E-state index in [1.54, 1.807) is 0 Å². The Kier molecular flexibility index (Phi) is 5.37. The van der Waals surface area contributed by atoms with Gasteiger partial charge in [-0.05, 0) is 24.0 Å². The molecule has 2 aromatic carbocycles. The molecule has 1 unspecified atom stereocenters. The Morgan fingerprint density at radius 2 is 1.50 bits per heavy atom. The highest BCUT2D eigenvalue weighted by Crippen LogP contribution is 2.22. The van der Waals surface area contributed by atoms with Gasteiger partial charge >= 0.3 is 0 Å². The highest BCUT2D eigenvalue weighted by Gasteiger charge is 2.24. The van der Waals surface area contributed by atoms with Gasteiger partial charge in [0.2, 0.25) is 5.91 Å². The molecule has 0 spiro atoms. The van der Waals surface area contributed by atoms with Crippen LogP contribution in [0, 0.1) is 5.41 Å². The molecule has 0 radical (unpaired) electrons. The zero-order chi connectivity index (χ0) is 16.0. The molecule has 116 valence electrons. The first-order valence-electron chi connectivity index (χ1n) is 7.86. The van der Waals surface area contributed by atoms with E-state index in [9.17, 15) is 4.79 Å². The van der Waals surface area contributed by atoms with Gasteiger partial charge in [-0.3, -0.25) is 4.79 Å². The van der Waals surface area contributed by atoms with Crippen LogP contribution in [0.2, 0.25) is 0 Å². The smallest absolute Gasteiger partial charge is 0.225 e. The van der Waals surface area contributed by atoms with Gasteiger partial charge < -0.3 is 5.32 Å². The first-order chi connectivity index (χ1) is 10.5. The van der Waals surface area contributed by atoms with Crippen LogP contribution >= 0.6 is 0 Å². The van der Waals surface area contributed by atoms with Gasteiger partial charge in [-0.2, -0.15) is 0 Å². The van der Waals surface area contributed by atoms with Crippen LogP contribution in [0.15, 0.2) is 60.7 Å². The van der Waals surface area contributed by atoms with Crippen molar-refractivity contribution >= 4 is 5.91 Å². The third kappa shape index (κ3) is 4.73. The highest BCUT2D eigenvalue weighted by atomic mass is 16.2. The molecule has 2 aromatic rings. The van der Waals surface area contributed by atoms with E-state index in [0.717, 1.165) is 18.4 Å². The molecular formula is C20H25NO. The lowest BCUT2D eigenvalue weighted by molar-refractivity contribution is -0.129. The molecule has 1 amide bonds. The maximum Gasteiger partial charge on any atom is 0.225 e. The minimum absolute atomic E-state index is 0.0492. The third-order valence-electron chi connectivity index (χ3n) is 3.75. The molecule has 0 aromatic heterocycles. The fourth-order valence-electron chi connectivity index (χ4n) is 2.34. The van der Waals surface area contributed by atoms with Crippen LogP contribution in [0.25, 0.3) is 0 Å². The Morgan fingerprint density at radius 3 is 2.05 bits per heavy atom. The topological polar surface area (TPSA) is 29.1 Å².